The first-order valence-corrected chi connectivity index (χ1v) is 6.72. The SMILES string of the molecule is S=NC1c2ccccc2CCc2ccc(Cl)cc21. The van der Waals surface area contributed by atoms with Gasteiger partial charge in [0, 0.05) is 17.4 Å². The zero-order chi connectivity index (χ0) is 12.5. The van der Waals surface area contributed by atoms with Crippen molar-refractivity contribution in [2.75, 3.05) is 0 Å². The van der Waals surface area contributed by atoms with E-state index < -0.39 is 0 Å². The fourth-order valence-electron chi connectivity index (χ4n) is 2.63. The van der Waals surface area contributed by atoms with Crippen LogP contribution in [-0.4, -0.2) is 0 Å². The summed E-state index contributed by atoms with van der Waals surface area (Å²) < 4.78 is 4.16. The van der Waals surface area contributed by atoms with E-state index >= 15 is 0 Å². The van der Waals surface area contributed by atoms with E-state index in [1.807, 2.05) is 18.2 Å². The van der Waals surface area contributed by atoms with E-state index in [0.717, 1.165) is 23.4 Å². The highest BCUT2D eigenvalue weighted by molar-refractivity contribution is 7.47. The van der Waals surface area contributed by atoms with Gasteiger partial charge in [-0.2, -0.15) is 0 Å². The van der Waals surface area contributed by atoms with Crippen LogP contribution in [0.15, 0.2) is 46.8 Å². The van der Waals surface area contributed by atoms with Gasteiger partial charge >= 0.3 is 0 Å². The largest absolute Gasteiger partial charge is 0.206 e. The molecule has 1 atom stereocenters. The van der Waals surface area contributed by atoms with Gasteiger partial charge in [-0.3, -0.25) is 0 Å². The van der Waals surface area contributed by atoms with Crippen molar-refractivity contribution < 1.29 is 0 Å². The second-order valence-corrected chi connectivity index (χ2v) is 5.20. The lowest BCUT2D eigenvalue weighted by molar-refractivity contribution is 0.883. The predicted octanol–water partition coefficient (Wildman–Crippen LogP) is 4.26. The Morgan fingerprint density at radius 2 is 1.72 bits per heavy atom. The topological polar surface area (TPSA) is 12.4 Å². The lowest BCUT2D eigenvalue weighted by Gasteiger charge is -2.14. The third-order valence-corrected chi connectivity index (χ3v) is 3.97. The number of fused-ring (bicyclic) bond motifs is 2. The Hall–Kier alpha value is -1.25. The molecule has 0 spiro atoms. The van der Waals surface area contributed by atoms with Gasteiger partial charge < -0.3 is 0 Å². The van der Waals surface area contributed by atoms with Gasteiger partial charge in [0.1, 0.15) is 6.04 Å². The van der Waals surface area contributed by atoms with E-state index in [1.54, 1.807) is 0 Å². The predicted molar refractivity (Wildman–Crippen MR) is 76.9 cm³/mol. The van der Waals surface area contributed by atoms with Crippen LogP contribution in [0.1, 0.15) is 28.3 Å². The maximum atomic E-state index is 6.10. The summed E-state index contributed by atoms with van der Waals surface area (Å²) in [5, 5.41) is 0.747. The summed E-state index contributed by atoms with van der Waals surface area (Å²) in [6.07, 6.45) is 2.05. The third-order valence-electron chi connectivity index (χ3n) is 3.52. The van der Waals surface area contributed by atoms with Crippen LogP contribution in [0.3, 0.4) is 0 Å². The second-order valence-electron chi connectivity index (χ2n) is 4.55. The Morgan fingerprint density at radius 1 is 1.00 bits per heavy atom. The summed E-state index contributed by atoms with van der Waals surface area (Å²) in [4.78, 5) is 0. The normalized spacial score (nSPS) is 17.5. The van der Waals surface area contributed by atoms with Crippen LogP contribution in [0.5, 0.6) is 0 Å². The molecule has 1 nitrogen and oxygen atoms in total. The molecule has 1 aliphatic rings. The molecule has 1 unspecified atom stereocenters. The van der Waals surface area contributed by atoms with Gasteiger partial charge in [0.05, 0.1) is 0 Å². The van der Waals surface area contributed by atoms with Crippen LogP contribution in [0.25, 0.3) is 0 Å². The van der Waals surface area contributed by atoms with Gasteiger partial charge in [0.25, 0.3) is 0 Å². The number of benzene rings is 2. The molecule has 3 heteroatoms. The number of halogens is 1. The Bertz CT molecular complexity index is 609. The Kier molecular flexibility index (Phi) is 3.14. The summed E-state index contributed by atoms with van der Waals surface area (Å²) >= 11 is 11.1. The quantitative estimate of drug-likeness (QED) is 0.756. The molecule has 0 aromatic heterocycles. The average Bonchev–Trinajstić information content (AvgIpc) is 2.54. The Labute approximate surface area is 117 Å². The average molecular weight is 274 g/mol. The van der Waals surface area contributed by atoms with Crippen LogP contribution in [0.4, 0.5) is 0 Å². The smallest absolute Gasteiger partial charge is 0.114 e. The van der Waals surface area contributed by atoms with Gasteiger partial charge in [0.2, 0.25) is 0 Å². The minimum absolute atomic E-state index is 0.0626. The lowest BCUT2D eigenvalue weighted by atomic mass is 9.96. The summed E-state index contributed by atoms with van der Waals surface area (Å²) in [6, 6.07) is 14.4. The van der Waals surface area contributed by atoms with E-state index in [1.165, 1.54) is 16.7 Å². The van der Waals surface area contributed by atoms with Crippen molar-refractivity contribution in [2.24, 2.45) is 4.36 Å². The van der Waals surface area contributed by atoms with Crippen molar-refractivity contribution in [3.05, 3.63) is 69.7 Å². The maximum absolute atomic E-state index is 6.10. The first-order valence-electron chi connectivity index (χ1n) is 5.98. The van der Waals surface area contributed by atoms with Crippen LogP contribution in [-0.2, 0) is 25.3 Å². The molecule has 18 heavy (non-hydrogen) atoms. The number of hydrogen-bond donors (Lipinski definition) is 0. The van der Waals surface area contributed by atoms with Gasteiger partial charge in [-0.05, 0) is 47.2 Å². The van der Waals surface area contributed by atoms with Crippen LogP contribution >= 0.6 is 11.6 Å². The third kappa shape index (κ3) is 1.96. The summed E-state index contributed by atoms with van der Waals surface area (Å²) in [7, 11) is 0. The number of rotatable bonds is 1. The number of hydrogen-bond acceptors (Lipinski definition) is 2. The van der Waals surface area contributed by atoms with E-state index in [0.29, 0.717) is 0 Å². The van der Waals surface area contributed by atoms with Crippen LogP contribution in [0, 0.1) is 0 Å². The first-order chi connectivity index (χ1) is 8.79. The maximum Gasteiger partial charge on any atom is 0.114 e. The molecule has 0 aliphatic heterocycles. The van der Waals surface area contributed by atoms with E-state index in [-0.39, 0.29) is 6.04 Å². The first kappa shape index (κ1) is 11.8. The van der Waals surface area contributed by atoms with Crippen molar-refractivity contribution in [1.82, 2.24) is 0 Å². The molecular weight excluding hydrogens is 262 g/mol. The minimum Gasteiger partial charge on any atom is -0.206 e. The highest BCUT2D eigenvalue weighted by Crippen LogP contribution is 2.36. The molecular formula is C15H12ClNS. The van der Waals surface area contributed by atoms with Crippen molar-refractivity contribution in [3.8, 4) is 0 Å². The molecule has 0 N–H and O–H groups in total. The molecule has 90 valence electrons. The molecule has 0 saturated carbocycles. The van der Waals surface area contributed by atoms with Crippen molar-refractivity contribution in [2.45, 2.75) is 18.9 Å². The standard InChI is InChI=1S/C15H12ClNS/c16-12-8-7-11-6-5-10-3-1-2-4-13(10)15(17-18)14(11)9-12/h1-4,7-9,15H,5-6H2. The van der Waals surface area contributed by atoms with Crippen molar-refractivity contribution >= 4 is 24.0 Å². The molecule has 0 fully saturated rings. The zero-order valence-corrected chi connectivity index (χ0v) is 11.3. The molecule has 2 aromatic carbocycles. The van der Waals surface area contributed by atoms with Gasteiger partial charge in [-0.15, -0.1) is 0 Å². The lowest BCUT2D eigenvalue weighted by Crippen LogP contribution is -2.00. The number of aryl methyl sites for hydroxylation is 2. The molecule has 2 aromatic rings. The van der Waals surface area contributed by atoms with Gasteiger partial charge in [0.15, 0.2) is 0 Å². The Morgan fingerprint density at radius 3 is 2.50 bits per heavy atom. The van der Waals surface area contributed by atoms with E-state index in [2.05, 4.69) is 28.6 Å². The Balaban J connectivity index is 2.23. The summed E-state index contributed by atoms with van der Waals surface area (Å²) in [5.74, 6) is 0. The van der Waals surface area contributed by atoms with Crippen LogP contribution in [0.2, 0.25) is 5.02 Å². The molecule has 0 amide bonds. The highest BCUT2D eigenvalue weighted by Gasteiger charge is 2.22. The fraction of sp³-hybridized carbons (Fsp3) is 0.200. The molecule has 3 rings (SSSR count). The monoisotopic (exact) mass is 273 g/mol. The zero-order valence-electron chi connectivity index (χ0n) is 9.77. The van der Waals surface area contributed by atoms with E-state index in [9.17, 15) is 0 Å². The molecule has 0 radical (unpaired) electrons. The number of nitrogens with zero attached hydrogens (tertiary/aromatic N) is 1. The van der Waals surface area contributed by atoms with Crippen molar-refractivity contribution in [3.63, 3.8) is 0 Å². The van der Waals surface area contributed by atoms with Crippen molar-refractivity contribution in [1.29, 1.82) is 0 Å². The van der Waals surface area contributed by atoms with E-state index in [4.69, 9.17) is 24.0 Å². The molecule has 0 bridgehead atoms. The summed E-state index contributed by atoms with van der Waals surface area (Å²) in [6.45, 7) is 0. The van der Waals surface area contributed by atoms with Gasteiger partial charge in [-0.25, -0.2) is 4.36 Å². The summed E-state index contributed by atoms with van der Waals surface area (Å²) in [5.41, 5.74) is 5.01. The van der Waals surface area contributed by atoms with Crippen LogP contribution < -0.4 is 0 Å². The van der Waals surface area contributed by atoms with Gasteiger partial charge in [-0.1, -0.05) is 41.9 Å². The highest BCUT2D eigenvalue weighted by atomic mass is 35.5. The molecule has 0 saturated heterocycles. The minimum atomic E-state index is -0.0626. The second kappa shape index (κ2) is 4.79. The fourth-order valence-corrected chi connectivity index (χ4v) is 3.03. The molecule has 0 heterocycles. The molecule has 1 aliphatic carbocycles.